The number of nitrogens with one attached hydrogen (secondary N) is 1. The molecule has 0 aromatic heterocycles. The van der Waals surface area contributed by atoms with E-state index in [0.29, 0.717) is 12.3 Å². The molecule has 1 N–H and O–H groups in total. The Morgan fingerprint density at radius 1 is 1.00 bits per heavy atom. The van der Waals surface area contributed by atoms with Crippen molar-refractivity contribution in [1.82, 2.24) is 10.2 Å². The Balaban J connectivity index is 2.05. The molecule has 3 aromatic rings. The van der Waals surface area contributed by atoms with Crippen LogP contribution >= 0.6 is 0 Å². The molecule has 38 heavy (non-hydrogen) atoms. The lowest BCUT2D eigenvalue weighted by atomic mass is 10.0. The first-order valence-electron chi connectivity index (χ1n) is 12.1. The molecule has 0 fully saturated rings. The van der Waals surface area contributed by atoms with E-state index in [1.54, 1.807) is 31.2 Å². The van der Waals surface area contributed by atoms with Crippen molar-refractivity contribution in [3.8, 4) is 5.75 Å². The molecule has 10 heteroatoms. The van der Waals surface area contributed by atoms with Crippen molar-refractivity contribution in [2.45, 2.75) is 25.9 Å². The predicted molar refractivity (Wildman–Crippen MR) is 145 cm³/mol. The van der Waals surface area contributed by atoms with E-state index in [-0.39, 0.29) is 24.2 Å². The maximum atomic E-state index is 14.7. The largest absolute Gasteiger partial charge is 0.497 e. The monoisotopic (exact) mass is 541 g/mol. The quantitative estimate of drug-likeness (QED) is 0.379. The lowest BCUT2D eigenvalue weighted by Crippen LogP contribution is -2.53. The standard InChI is InChI=1S/C28H32FN3O5S/c1-4-30-28(34)26(17-21-11-6-5-7-12-21)31(19-22-13-8-9-16-25(22)29)27(33)20-32(38(3,35)36)23-14-10-15-24(18-23)37-2/h5-16,18,26H,4,17,19-20H2,1-3H3,(H,30,34)/t26-/m1/s1. The number of likely N-dealkylation sites (N-methyl/N-ethyl adjacent to an activating group) is 1. The van der Waals surface area contributed by atoms with Crippen LogP contribution in [-0.4, -0.2) is 57.6 Å². The van der Waals surface area contributed by atoms with E-state index in [1.165, 1.54) is 36.3 Å². The third-order valence-electron chi connectivity index (χ3n) is 5.94. The fraction of sp³-hybridized carbons (Fsp3) is 0.286. The van der Waals surface area contributed by atoms with Gasteiger partial charge in [-0.25, -0.2) is 12.8 Å². The van der Waals surface area contributed by atoms with Crippen molar-refractivity contribution in [2.75, 3.05) is 30.8 Å². The highest BCUT2D eigenvalue weighted by Crippen LogP contribution is 2.24. The smallest absolute Gasteiger partial charge is 0.244 e. The predicted octanol–water partition coefficient (Wildman–Crippen LogP) is 3.38. The molecule has 3 aromatic carbocycles. The molecule has 0 unspecified atom stereocenters. The number of carbonyl (C=O) groups is 2. The van der Waals surface area contributed by atoms with Crippen molar-refractivity contribution in [2.24, 2.45) is 0 Å². The van der Waals surface area contributed by atoms with Gasteiger partial charge in [0.25, 0.3) is 0 Å². The summed E-state index contributed by atoms with van der Waals surface area (Å²) in [4.78, 5) is 28.4. The van der Waals surface area contributed by atoms with Gasteiger partial charge < -0.3 is 15.0 Å². The lowest BCUT2D eigenvalue weighted by Gasteiger charge is -2.33. The van der Waals surface area contributed by atoms with E-state index >= 15 is 0 Å². The summed E-state index contributed by atoms with van der Waals surface area (Å²) in [5.41, 5.74) is 1.22. The molecule has 0 saturated heterocycles. The molecule has 2 amide bonds. The zero-order chi connectivity index (χ0) is 27.7. The fourth-order valence-corrected chi connectivity index (χ4v) is 4.88. The summed E-state index contributed by atoms with van der Waals surface area (Å²) in [6.07, 6.45) is 1.15. The number of sulfonamides is 1. The second kappa shape index (κ2) is 13.0. The van der Waals surface area contributed by atoms with E-state index in [1.807, 2.05) is 30.3 Å². The van der Waals surface area contributed by atoms with Crippen LogP contribution in [0.4, 0.5) is 10.1 Å². The SMILES string of the molecule is CCNC(=O)[C@@H](Cc1ccccc1)N(Cc1ccccc1F)C(=O)CN(c1cccc(OC)c1)S(C)(=O)=O. The van der Waals surface area contributed by atoms with E-state index in [9.17, 15) is 22.4 Å². The van der Waals surface area contributed by atoms with Crippen LogP contribution < -0.4 is 14.4 Å². The molecule has 0 aliphatic heterocycles. The van der Waals surface area contributed by atoms with Gasteiger partial charge in [0.2, 0.25) is 21.8 Å². The minimum atomic E-state index is -3.91. The Hall–Kier alpha value is -3.92. The van der Waals surface area contributed by atoms with Crippen molar-refractivity contribution in [3.05, 3.63) is 95.8 Å². The summed E-state index contributed by atoms with van der Waals surface area (Å²) in [5, 5.41) is 2.76. The number of benzene rings is 3. The molecule has 0 heterocycles. The molecule has 0 radical (unpaired) electrons. The molecule has 0 saturated carbocycles. The third-order valence-corrected chi connectivity index (χ3v) is 7.08. The van der Waals surface area contributed by atoms with Gasteiger partial charge in [0.1, 0.15) is 24.2 Å². The van der Waals surface area contributed by atoms with Crippen molar-refractivity contribution < 1.29 is 27.1 Å². The summed E-state index contributed by atoms with van der Waals surface area (Å²) in [5.74, 6) is -1.20. The highest BCUT2D eigenvalue weighted by Gasteiger charge is 2.33. The number of rotatable bonds is 12. The number of amides is 2. The van der Waals surface area contributed by atoms with Gasteiger partial charge in [-0.1, -0.05) is 54.6 Å². The van der Waals surface area contributed by atoms with E-state index < -0.39 is 40.2 Å². The average Bonchev–Trinajstić information content (AvgIpc) is 2.90. The summed E-state index contributed by atoms with van der Waals surface area (Å²) < 4.78 is 46.4. The number of halogens is 1. The Labute approximate surface area is 223 Å². The Bertz CT molecular complexity index is 1350. The lowest BCUT2D eigenvalue weighted by molar-refractivity contribution is -0.140. The number of nitrogens with zero attached hydrogens (tertiary/aromatic N) is 2. The second-order valence-corrected chi connectivity index (χ2v) is 10.6. The molecular weight excluding hydrogens is 509 g/mol. The van der Waals surface area contributed by atoms with Crippen LogP contribution in [-0.2, 0) is 32.6 Å². The van der Waals surface area contributed by atoms with Crippen LogP contribution in [0.5, 0.6) is 5.75 Å². The highest BCUT2D eigenvalue weighted by atomic mass is 32.2. The maximum absolute atomic E-state index is 14.7. The zero-order valence-corrected chi connectivity index (χ0v) is 22.4. The summed E-state index contributed by atoms with van der Waals surface area (Å²) in [7, 11) is -2.46. The molecule has 0 aliphatic carbocycles. The van der Waals surface area contributed by atoms with Crippen molar-refractivity contribution in [3.63, 3.8) is 0 Å². The molecule has 0 bridgehead atoms. The maximum Gasteiger partial charge on any atom is 0.244 e. The van der Waals surface area contributed by atoms with Gasteiger partial charge in [0.05, 0.1) is 19.1 Å². The average molecular weight is 542 g/mol. The first-order valence-corrected chi connectivity index (χ1v) is 13.9. The fourth-order valence-electron chi connectivity index (χ4n) is 4.04. The number of hydrogen-bond acceptors (Lipinski definition) is 5. The zero-order valence-electron chi connectivity index (χ0n) is 21.6. The van der Waals surface area contributed by atoms with Gasteiger partial charge in [-0.3, -0.25) is 13.9 Å². The summed E-state index contributed by atoms with van der Waals surface area (Å²) in [6.45, 7) is 1.26. The Kier molecular flexibility index (Phi) is 9.84. The molecule has 0 spiro atoms. The van der Waals surface area contributed by atoms with Gasteiger partial charge in [-0.15, -0.1) is 0 Å². The van der Waals surface area contributed by atoms with E-state index in [0.717, 1.165) is 16.1 Å². The first kappa shape index (κ1) is 28.6. The highest BCUT2D eigenvalue weighted by molar-refractivity contribution is 7.92. The minimum Gasteiger partial charge on any atom is -0.497 e. The van der Waals surface area contributed by atoms with Crippen molar-refractivity contribution >= 4 is 27.5 Å². The van der Waals surface area contributed by atoms with Crippen molar-refractivity contribution in [1.29, 1.82) is 0 Å². The van der Waals surface area contributed by atoms with Crippen LogP contribution in [0.3, 0.4) is 0 Å². The van der Waals surface area contributed by atoms with Crippen LogP contribution in [0.2, 0.25) is 0 Å². The van der Waals surface area contributed by atoms with Gasteiger partial charge in [-0.2, -0.15) is 0 Å². The number of carbonyl (C=O) groups excluding carboxylic acids is 2. The molecule has 8 nitrogen and oxygen atoms in total. The van der Waals surface area contributed by atoms with Crippen LogP contribution in [0.25, 0.3) is 0 Å². The molecular formula is C28H32FN3O5S. The topological polar surface area (TPSA) is 96.0 Å². The Morgan fingerprint density at radius 2 is 1.68 bits per heavy atom. The second-order valence-electron chi connectivity index (χ2n) is 8.68. The molecule has 202 valence electrons. The van der Waals surface area contributed by atoms with Gasteiger partial charge >= 0.3 is 0 Å². The Morgan fingerprint density at radius 3 is 2.32 bits per heavy atom. The molecule has 3 rings (SSSR count). The van der Waals surface area contributed by atoms with E-state index in [2.05, 4.69) is 5.32 Å². The van der Waals surface area contributed by atoms with Gasteiger partial charge in [0, 0.05) is 31.1 Å². The van der Waals surface area contributed by atoms with Gasteiger partial charge in [-0.05, 0) is 30.7 Å². The minimum absolute atomic E-state index is 0.158. The van der Waals surface area contributed by atoms with E-state index in [4.69, 9.17) is 4.74 Å². The summed E-state index contributed by atoms with van der Waals surface area (Å²) in [6, 6.07) is 20.4. The van der Waals surface area contributed by atoms with Crippen LogP contribution in [0.1, 0.15) is 18.1 Å². The normalized spacial score (nSPS) is 11.9. The molecule has 0 aliphatic rings. The third kappa shape index (κ3) is 7.55. The number of ether oxygens (including phenoxy) is 1. The van der Waals surface area contributed by atoms with Gasteiger partial charge in [0.15, 0.2) is 0 Å². The summed E-state index contributed by atoms with van der Waals surface area (Å²) >= 11 is 0. The number of anilines is 1. The van der Waals surface area contributed by atoms with Crippen LogP contribution in [0, 0.1) is 5.82 Å². The van der Waals surface area contributed by atoms with Crippen LogP contribution in [0.15, 0.2) is 78.9 Å². The number of methoxy groups -OCH3 is 1. The number of hydrogen-bond donors (Lipinski definition) is 1. The molecule has 1 atom stereocenters. The first-order chi connectivity index (χ1) is 18.1.